The molecule has 68 valence electrons. The molecule has 0 unspecified atom stereocenters. The minimum Gasteiger partial charge on any atom is -0.449 e. The Morgan fingerprint density at radius 3 is 1.75 bits per heavy atom. The van der Waals surface area contributed by atoms with E-state index < -0.39 is 16.4 Å². The molecule has 0 bridgehead atoms. The number of hydrogen-bond donors (Lipinski definition) is 0. The molecule has 0 aromatic heterocycles. The standard InChI is InChI=1S/C8H21OSi2.Li/c1-7-9-11(5,6)8-10(2,3)4;/h8H,7H2,1-6H3;/q-1;+1. The molecule has 4 heteroatoms. The first kappa shape index (κ1) is 15.5. The minimum absolute atomic E-state index is 0. The average molecular weight is 196 g/mol. The Hall–Kier alpha value is 0.991. The first-order valence-corrected chi connectivity index (χ1v) is 10.8. The van der Waals surface area contributed by atoms with E-state index in [1.54, 1.807) is 0 Å². The van der Waals surface area contributed by atoms with Gasteiger partial charge in [-0.15, -0.1) is 8.07 Å². The van der Waals surface area contributed by atoms with E-state index in [1.165, 1.54) is 0 Å². The average Bonchev–Trinajstić information content (AvgIpc) is 1.55. The van der Waals surface area contributed by atoms with Gasteiger partial charge in [-0.1, -0.05) is 32.7 Å². The van der Waals surface area contributed by atoms with E-state index in [4.69, 9.17) is 4.43 Å². The first-order chi connectivity index (χ1) is 4.77. The zero-order valence-electron chi connectivity index (χ0n) is 9.69. The summed E-state index contributed by atoms with van der Waals surface area (Å²) in [6.45, 7) is 14.6. The van der Waals surface area contributed by atoms with Crippen LogP contribution in [0.2, 0.25) is 32.7 Å². The molecule has 0 heterocycles. The molecule has 0 aromatic carbocycles. The monoisotopic (exact) mass is 196 g/mol. The summed E-state index contributed by atoms with van der Waals surface area (Å²) < 4.78 is 5.72. The molecular formula is C8H21LiOSi2. The van der Waals surface area contributed by atoms with Crippen molar-refractivity contribution in [1.82, 2.24) is 0 Å². The van der Waals surface area contributed by atoms with Gasteiger partial charge >= 0.3 is 18.9 Å². The molecule has 1 nitrogen and oxygen atoms in total. The molecule has 0 aromatic rings. The minimum atomic E-state index is -1.40. The van der Waals surface area contributed by atoms with Crippen LogP contribution in [0.25, 0.3) is 0 Å². The predicted octanol–water partition coefficient (Wildman–Crippen LogP) is -0.147. The molecule has 12 heavy (non-hydrogen) atoms. The van der Waals surface area contributed by atoms with Crippen molar-refractivity contribution >= 4 is 16.4 Å². The second kappa shape index (κ2) is 5.66. The van der Waals surface area contributed by atoms with Crippen LogP contribution in [0.4, 0.5) is 0 Å². The maximum Gasteiger partial charge on any atom is 1.00 e. The van der Waals surface area contributed by atoms with Crippen molar-refractivity contribution in [1.29, 1.82) is 0 Å². The summed E-state index contributed by atoms with van der Waals surface area (Å²) in [5.41, 5.74) is 2.52. The molecule has 0 aliphatic carbocycles. The van der Waals surface area contributed by atoms with Gasteiger partial charge in [0.05, 0.1) is 0 Å². The van der Waals surface area contributed by atoms with Crippen molar-refractivity contribution in [2.45, 2.75) is 39.7 Å². The van der Waals surface area contributed by atoms with Crippen LogP contribution in [-0.4, -0.2) is 23.0 Å². The molecule has 0 fully saturated rings. The van der Waals surface area contributed by atoms with Crippen LogP contribution < -0.4 is 18.9 Å². The molecule has 0 N–H and O–H groups in total. The van der Waals surface area contributed by atoms with Crippen LogP contribution in [0.15, 0.2) is 0 Å². The third kappa shape index (κ3) is 9.08. The molecule has 0 saturated heterocycles. The normalized spacial score (nSPS) is 12.5. The summed E-state index contributed by atoms with van der Waals surface area (Å²) in [6, 6.07) is 0. The van der Waals surface area contributed by atoms with Crippen LogP contribution in [0.1, 0.15) is 6.92 Å². The second-order valence-electron chi connectivity index (χ2n) is 4.55. The van der Waals surface area contributed by atoms with E-state index in [0.717, 1.165) is 6.61 Å². The Kier molecular flexibility index (Phi) is 7.30. The van der Waals surface area contributed by atoms with Crippen LogP contribution in [0, 0.1) is 5.67 Å². The summed E-state index contributed by atoms with van der Waals surface area (Å²) in [5, 5.41) is 0. The summed E-state index contributed by atoms with van der Waals surface area (Å²) in [4.78, 5) is 0. The smallest absolute Gasteiger partial charge is 0.449 e. The number of rotatable bonds is 4. The molecule has 0 radical (unpaired) electrons. The van der Waals surface area contributed by atoms with Crippen LogP contribution in [-0.2, 0) is 4.43 Å². The van der Waals surface area contributed by atoms with Gasteiger partial charge in [0.2, 0.25) is 0 Å². The van der Waals surface area contributed by atoms with Crippen LogP contribution in [0.3, 0.4) is 0 Å². The maximum atomic E-state index is 5.72. The Morgan fingerprint density at radius 2 is 1.50 bits per heavy atom. The van der Waals surface area contributed by atoms with Crippen molar-refractivity contribution in [3.63, 3.8) is 0 Å². The summed E-state index contributed by atoms with van der Waals surface area (Å²) >= 11 is 0. The molecule has 0 rings (SSSR count). The predicted molar refractivity (Wildman–Crippen MR) is 56.8 cm³/mol. The SMILES string of the molecule is CCO[Si](C)(C)[CH-][Si](C)(C)C.[Li+]. The van der Waals surface area contributed by atoms with Crippen molar-refractivity contribution < 1.29 is 23.3 Å². The molecule has 0 spiro atoms. The van der Waals surface area contributed by atoms with Crippen LogP contribution in [0.5, 0.6) is 0 Å². The summed E-state index contributed by atoms with van der Waals surface area (Å²) in [5.74, 6) is 0. The summed E-state index contributed by atoms with van der Waals surface area (Å²) in [6.07, 6.45) is 0. The van der Waals surface area contributed by atoms with Gasteiger partial charge in [0.15, 0.2) is 0 Å². The van der Waals surface area contributed by atoms with Gasteiger partial charge in [-0.05, 0) is 6.92 Å². The Morgan fingerprint density at radius 1 is 1.08 bits per heavy atom. The van der Waals surface area contributed by atoms with Crippen molar-refractivity contribution in [2.75, 3.05) is 6.61 Å². The maximum absolute atomic E-state index is 5.72. The van der Waals surface area contributed by atoms with Crippen LogP contribution >= 0.6 is 0 Å². The fourth-order valence-corrected chi connectivity index (χ4v) is 10.9. The second-order valence-corrected chi connectivity index (χ2v) is 13.9. The Balaban J connectivity index is 0. The van der Waals surface area contributed by atoms with Gasteiger partial charge in [0.1, 0.15) is 0 Å². The Labute approximate surface area is 91.6 Å². The topological polar surface area (TPSA) is 9.23 Å². The zero-order valence-corrected chi connectivity index (χ0v) is 11.7. The fourth-order valence-electron chi connectivity index (χ4n) is 1.46. The molecule has 0 aliphatic rings. The molecule has 0 aliphatic heterocycles. The first-order valence-electron chi connectivity index (χ1n) is 4.28. The van der Waals surface area contributed by atoms with Crippen molar-refractivity contribution in [3.05, 3.63) is 5.67 Å². The molecule has 0 atom stereocenters. The molecule has 0 amide bonds. The van der Waals surface area contributed by atoms with E-state index >= 15 is 0 Å². The van der Waals surface area contributed by atoms with E-state index in [-0.39, 0.29) is 18.9 Å². The van der Waals surface area contributed by atoms with Gasteiger partial charge in [-0.25, -0.2) is 0 Å². The third-order valence-corrected chi connectivity index (χ3v) is 8.57. The van der Waals surface area contributed by atoms with Gasteiger partial charge in [0, 0.05) is 14.9 Å². The van der Waals surface area contributed by atoms with E-state index in [1.807, 2.05) is 0 Å². The van der Waals surface area contributed by atoms with Gasteiger partial charge in [-0.2, -0.15) is 0 Å². The van der Waals surface area contributed by atoms with Gasteiger partial charge in [0.25, 0.3) is 0 Å². The quantitative estimate of drug-likeness (QED) is 0.449. The van der Waals surface area contributed by atoms with Gasteiger partial charge in [-0.3, -0.25) is 0 Å². The van der Waals surface area contributed by atoms with Gasteiger partial charge < -0.3 is 10.1 Å². The van der Waals surface area contributed by atoms with E-state index in [2.05, 4.69) is 45.3 Å². The van der Waals surface area contributed by atoms with Crippen molar-refractivity contribution in [2.24, 2.45) is 0 Å². The summed E-state index contributed by atoms with van der Waals surface area (Å²) in [7, 11) is -2.42. The largest absolute Gasteiger partial charge is 1.00 e. The molecular weight excluding hydrogens is 175 g/mol. The fraction of sp³-hybridized carbons (Fsp3) is 0.875. The third-order valence-electron chi connectivity index (χ3n) is 1.30. The molecule has 0 saturated carbocycles. The van der Waals surface area contributed by atoms with E-state index in [9.17, 15) is 0 Å². The Bertz CT molecular complexity index is 121. The van der Waals surface area contributed by atoms with E-state index in [0.29, 0.717) is 0 Å². The zero-order chi connectivity index (χ0) is 9.12. The number of hydrogen-bond acceptors (Lipinski definition) is 1. The van der Waals surface area contributed by atoms with Crippen molar-refractivity contribution in [3.8, 4) is 0 Å².